The lowest BCUT2D eigenvalue weighted by molar-refractivity contribution is 0.0697. The number of benzene rings is 1. The van der Waals surface area contributed by atoms with E-state index < -0.39 is 23.3 Å². The summed E-state index contributed by atoms with van der Waals surface area (Å²) >= 11 is 0. The Morgan fingerprint density at radius 2 is 1.83 bits per heavy atom. The third-order valence-corrected chi connectivity index (χ3v) is 7.52. The van der Waals surface area contributed by atoms with Crippen LogP contribution in [-0.4, -0.2) is 34.7 Å². The Balaban J connectivity index is 2.55. The zero-order valence-electron chi connectivity index (χ0n) is 11.3. The number of carboxylic acids is 1. The summed E-state index contributed by atoms with van der Waals surface area (Å²) in [5, 5.41) is 8.78. The van der Waals surface area contributed by atoms with Crippen molar-refractivity contribution in [1.82, 2.24) is 0 Å². The van der Waals surface area contributed by atoms with Gasteiger partial charge in [-0.25, -0.2) is 4.79 Å². The molecule has 1 aromatic carbocycles. The van der Waals surface area contributed by atoms with Gasteiger partial charge in [0.15, 0.2) is 9.04 Å². The van der Waals surface area contributed by atoms with Gasteiger partial charge >= 0.3 is 5.97 Å². The van der Waals surface area contributed by atoms with Gasteiger partial charge in [-0.2, -0.15) is 0 Å². The molecule has 0 saturated heterocycles. The Morgan fingerprint density at radius 1 is 1.28 bits per heavy atom. The Morgan fingerprint density at radius 3 is 2.28 bits per heavy atom. The first-order chi connectivity index (χ1) is 8.30. The van der Waals surface area contributed by atoms with Crippen LogP contribution >= 0.6 is 0 Å². The van der Waals surface area contributed by atoms with Gasteiger partial charge in [-0.05, 0) is 50.5 Å². The molecule has 1 N–H and O–H groups in total. The summed E-state index contributed by atoms with van der Waals surface area (Å²) in [5.74, 6) is -0.236. The van der Waals surface area contributed by atoms with E-state index in [4.69, 9.17) is 14.0 Å². The van der Waals surface area contributed by atoms with Crippen molar-refractivity contribution in [1.29, 1.82) is 0 Å². The lowest BCUT2D eigenvalue weighted by atomic mass is 10.2. The molecular weight excluding hydrogens is 264 g/mol. The first-order valence-electron chi connectivity index (χ1n) is 5.94. The van der Waals surface area contributed by atoms with Crippen molar-refractivity contribution >= 4 is 23.3 Å². The van der Waals surface area contributed by atoms with Crippen LogP contribution in [0, 0.1) is 0 Å². The molecule has 0 aliphatic rings. The molecule has 0 fully saturated rings. The van der Waals surface area contributed by atoms with Crippen LogP contribution in [0.25, 0.3) is 0 Å². The fourth-order valence-corrected chi connectivity index (χ4v) is 7.51. The number of ether oxygens (including phenoxy) is 1. The average Bonchev–Trinajstić information content (AvgIpc) is 2.25. The minimum atomic E-state index is -1.76. The lowest BCUT2D eigenvalue weighted by Crippen LogP contribution is -2.41. The number of carboxylic acid groups (broad SMARTS) is 1. The molecule has 0 aliphatic carbocycles. The van der Waals surface area contributed by atoms with Crippen LogP contribution < -0.4 is 4.74 Å². The predicted octanol–water partition coefficient (Wildman–Crippen LogP) is 2.51. The monoisotopic (exact) mass is 284 g/mol. The van der Waals surface area contributed by atoms with Gasteiger partial charge < -0.3 is 14.0 Å². The second-order valence-electron chi connectivity index (χ2n) is 5.04. The van der Waals surface area contributed by atoms with Crippen molar-refractivity contribution in [2.75, 3.05) is 6.23 Å². The summed E-state index contributed by atoms with van der Waals surface area (Å²) in [5.41, 5.74) is 0.268. The van der Waals surface area contributed by atoms with Crippen molar-refractivity contribution in [3.63, 3.8) is 0 Å². The summed E-state index contributed by atoms with van der Waals surface area (Å²) < 4.78 is 11.7. The Hall–Kier alpha value is -1.12. The van der Waals surface area contributed by atoms with Crippen LogP contribution in [0.1, 0.15) is 10.4 Å². The normalized spacial score (nSPS) is 11.6. The van der Waals surface area contributed by atoms with Gasteiger partial charge in [-0.1, -0.05) is 0 Å². The van der Waals surface area contributed by atoms with Crippen LogP contribution in [0.15, 0.2) is 24.3 Å². The number of rotatable bonds is 6. The summed E-state index contributed by atoms with van der Waals surface area (Å²) in [4.78, 5) is 10.7. The number of carbonyl (C=O) groups is 1. The molecule has 0 bridgehead atoms. The lowest BCUT2D eigenvalue weighted by Gasteiger charge is -2.25. The first-order valence-corrected chi connectivity index (χ1v) is 11.8. The predicted molar refractivity (Wildman–Crippen MR) is 76.3 cm³/mol. The summed E-state index contributed by atoms with van der Waals surface area (Å²) in [7, 11) is -2.80. The van der Waals surface area contributed by atoms with Crippen molar-refractivity contribution in [2.45, 2.75) is 26.2 Å². The highest BCUT2D eigenvalue weighted by Gasteiger charge is 2.24. The molecule has 0 spiro atoms. The van der Waals surface area contributed by atoms with E-state index in [1.165, 1.54) is 0 Å². The standard InChI is InChI=1S/C12H20O4Si2/c1-17(2)16-18(3,4)9-15-11-7-5-10(6-8-11)12(13)14/h5-8,17H,9H2,1-4H3,(H,13,14). The maximum Gasteiger partial charge on any atom is 0.335 e. The van der Waals surface area contributed by atoms with Crippen molar-refractivity contribution in [3.05, 3.63) is 29.8 Å². The van der Waals surface area contributed by atoms with E-state index in [1.807, 2.05) is 0 Å². The quantitative estimate of drug-likeness (QED) is 0.816. The van der Waals surface area contributed by atoms with Crippen molar-refractivity contribution < 1.29 is 18.8 Å². The van der Waals surface area contributed by atoms with Gasteiger partial charge in [0, 0.05) is 0 Å². The van der Waals surface area contributed by atoms with Gasteiger partial charge in [0.05, 0.1) is 5.56 Å². The molecule has 1 aromatic rings. The van der Waals surface area contributed by atoms with E-state index in [1.54, 1.807) is 24.3 Å². The molecule has 0 amide bonds. The fourth-order valence-electron chi connectivity index (χ4n) is 1.62. The molecule has 0 heterocycles. The van der Waals surface area contributed by atoms with Gasteiger partial charge in [0.1, 0.15) is 12.0 Å². The summed E-state index contributed by atoms with van der Waals surface area (Å²) in [6.45, 7) is 8.56. The molecule has 18 heavy (non-hydrogen) atoms. The first kappa shape index (κ1) is 14.9. The second kappa shape index (κ2) is 6.17. The van der Waals surface area contributed by atoms with E-state index in [0.29, 0.717) is 12.0 Å². The Labute approximate surface area is 110 Å². The zero-order valence-corrected chi connectivity index (χ0v) is 13.4. The van der Waals surface area contributed by atoms with Crippen LogP contribution in [0.5, 0.6) is 5.75 Å². The average molecular weight is 284 g/mol. The van der Waals surface area contributed by atoms with Crippen LogP contribution in [-0.2, 0) is 4.12 Å². The Bertz CT molecular complexity index is 401. The number of aromatic carboxylic acids is 1. The van der Waals surface area contributed by atoms with E-state index >= 15 is 0 Å². The van der Waals surface area contributed by atoms with E-state index in [2.05, 4.69) is 26.2 Å². The van der Waals surface area contributed by atoms with Gasteiger partial charge in [-0.3, -0.25) is 0 Å². The summed E-state index contributed by atoms with van der Waals surface area (Å²) in [6.07, 6.45) is 0.588. The molecule has 4 nitrogen and oxygen atoms in total. The van der Waals surface area contributed by atoms with E-state index in [9.17, 15) is 4.79 Å². The molecule has 0 atom stereocenters. The third kappa shape index (κ3) is 5.03. The van der Waals surface area contributed by atoms with Crippen molar-refractivity contribution in [2.24, 2.45) is 0 Å². The van der Waals surface area contributed by atoms with Gasteiger partial charge in [0.2, 0.25) is 8.32 Å². The van der Waals surface area contributed by atoms with E-state index in [0.717, 1.165) is 0 Å². The highest BCUT2D eigenvalue weighted by atomic mass is 28.4. The third-order valence-electron chi connectivity index (χ3n) is 2.24. The highest BCUT2D eigenvalue weighted by molar-refractivity contribution is 6.77. The maximum absolute atomic E-state index is 10.7. The number of hydrogen-bond donors (Lipinski definition) is 1. The van der Waals surface area contributed by atoms with Crippen LogP contribution in [0.3, 0.4) is 0 Å². The minimum Gasteiger partial charge on any atom is -0.494 e. The molecule has 1 rings (SSSR count). The molecule has 0 unspecified atom stereocenters. The molecule has 100 valence electrons. The van der Waals surface area contributed by atoms with Gasteiger partial charge in [0.25, 0.3) is 0 Å². The fraction of sp³-hybridized carbons (Fsp3) is 0.417. The molecular formula is C12H20O4Si2. The zero-order chi connectivity index (χ0) is 13.8. The number of hydrogen-bond acceptors (Lipinski definition) is 3. The summed E-state index contributed by atoms with van der Waals surface area (Å²) in [6, 6.07) is 6.45. The smallest absolute Gasteiger partial charge is 0.335 e. The van der Waals surface area contributed by atoms with Crippen LogP contribution in [0.4, 0.5) is 0 Å². The van der Waals surface area contributed by atoms with Crippen LogP contribution in [0.2, 0.25) is 26.2 Å². The maximum atomic E-state index is 10.7. The molecule has 6 heteroatoms. The molecule has 0 aromatic heterocycles. The second-order valence-corrected chi connectivity index (χ2v) is 11.9. The molecule has 0 saturated carbocycles. The SMILES string of the molecule is C[SiH](C)O[Si](C)(C)COc1ccc(C(=O)O)cc1. The van der Waals surface area contributed by atoms with E-state index in [-0.39, 0.29) is 5.56 Å². The molecule has 0 radical (unpaired) electrons. The highest BCUT2D eigenvalue weighted by Crippen LogP contribution is 2.15. The Kier molecular flexibility index (Phi) is 5.12. The molecule has 0 aliphatic heterocycles. The largest absolute Gasteiger partial charge is 0.494 e. The topological polar surface area (TPSA) is 55.8 Å². The van der Waals surface area contributed by atoms with Gasteiger partial charge in [-0.15, -0.1) is 0 Å². The van der Waals surface area contributed by atoms with Crippen molar-refractivity contribution in [3.8, 4) is 5.75 Å². The minimum absolute atomic E-state index is 0.268.